The molecule has 1 aromatic rings. The van der Waals surface area contributed by atoms with Gasteiger partial charge in [0, 0.05) is 19.3 Å². The van der Waals surface area contributed by atoms with Crippen LogP contribution in [0.4, 0.5) is 0 Å². The first-order valence-corrected chi connectivity index (χ1v) is 6.83. The van der Waals surface area contributed by atoms with Gasteiger partial charge in [0.15, 0.2) is 0 Å². The lowest BCUT2D eigenvalue weighted by Gasteiger charge is -2.30. The fraction of sp³-hybridized carbons (Fsp3) is 0.615. The normalized spacial score (nSPS) is 22.4. The fourth-order valence-corrected chi connectivity index (χ4v) is 2.69. The largest absolute Gasteiger partial charge is 0.396 e. The molecule has 0 spiro atoms. The number of aliphatic hydroxyl groups excluding tert-OH is 1. The first-order chi connectivity index (χ1) is 9.61. The Kier molecular flexibility index (Phi) is 4.73. The van der Waals surface area contributed by atoms with Crippen LogP contribution in [0.15, 0.2) is 15.8 Å². The smallest absolute Gasteiger partial charge is 0.325 e. The number of H-pyrrole nitrogens is 2. The van der Waals surface area contributed by atoms with Gasteiger partial charge in [-0.15, -0.1) is 0 Å². The average Bonchev–Trinajstić information content (AvgIpc) is 2.45. The second-order valence-electron chi connectivity index (χ2n) is 5.18. The summed E-state index contributed by atoms with van der Waals surface area (Å²) in [7, 11) is 0. The Hall–Kier alpha value is -1.89. The van der Waals surface area contributed by atoms with E-state index in [1.807, 2.05) is 4.98 Å². The van der Waals surface area contributed by atoms with Crippen molar-refractivity contribution in [1.29, 1.82) is 0 Å². The van der Waals surface area contributed by atoms with Crippen molar-refractivity contribution in [2.24, 2.45) is 11.8 Å². The zero-order chi connectivity index (χ0) is 14.5. The molecule has 1 amide bonds. The highest BCUT2D eigenvalue weighted by Gasteiger charge is 2.25. The summed E-state index contributed by atoms with van der Waals surface area (Å²) in [6, 6.07) is 0. The molecule has 0 saturated heterocycles. The van der Waals surface area contributed by atoms with E-state index in [0.717, 1.165) is 31.9 Å². The van der Waals surface area contributed by atoms with E-state index in [9.17, 15) is 19.5 Å². The van der Waals surface area contributed by atoms with Crippen molar-refractivity contribution in [3.8, 4) is 0 Å². The molecule has 1 heterocycles. The van der Waals surface area contributed by atoms with Gasteiger partial charge in [0.2, 0.25) is 0 Å². The third kappa shape index (κ3) is 3.36. The molecule has 110 valence electrons. The molecule has 4 N–H and O–H groups in total. The van der Waals surface area contributed by atoms with Crippen LogP contribution in [0, 0.1) is 11.8 Å². The Bertz CT molecular complexity index is 577. The molecule has 7 nitrogen and oxygen atoms in total. The summed E-state index contributed by atoms with van der Waals surface area (Å²) >= 11 is 0. The zero-order valence-corrected chi connectivity index (χ0v) is 11.1. The van der Waals surface area contributed by atoms with E-state index in [-0.39, 0.29) is 24.0 Å². The Morgan fingerprint density at radius 1 is 1.30 bits per heavy atom. The molecule has 2 atom stereocenters. The molecule has 2 rings (SSSR count). The highest BCUT2D eigenvalue weighted by atomic mass is 16.3. The monoisotopic (exact) mass is 281 g/mol. The minimum absolute atomic E-state index is 0.110. The predicted octanol–water partition coefficient (Wildman–Crippen LogP) is -0.408. The Morgan fingerprint density at radius 2 is 2.00 bits per heavy atom. The SMILES string of the molecule is O=C(NCC1CCCCC1CO)c1c[nH]c(=O)[nH]c1=O. The van der Waals surface area contributed by atoms with E-state index in [2.05, 4.69) is 10.3 Å². The van der Waals surface area contributed by atoms with Crippen LogP contribution >= 0.6 is 0 Å². The van der Waals surface area contributed by atoms with Gasteiger partial charge in [0.25, 0.3) is 11.5 Å². The van der Waals surface area contributed by atoms with E-state index in [0.29, 0.717) is 6.54 Å². The maximum atomic E-state index is 11.9. The summed E-state index contributed by atoms with van der Waals surface area (Å²) in [6.45, 7) is 0.558. The summed E-state index contributed by atoms with van der Waals surface area (Å²) < 4.78 is 0. The van der Waals surface area contributed by atoms with E-state index in [1.54, 1.807) is 0 Å². The van der Waals surface area contributed by atoms with Crippen molar-refractivity contribution in [3.05, 3.63) is 32.6 Å². The van der Waals surface area contributed by atoms with E-state index in [4.69, 9.17) is 0 Å². The molecule has 2 unspecified atom stereocenters. The van der Waals surface area contributed by atoms with E-state index >= 15 is 0 Å². The summed E-state index contributed by atoms with van der Waals surface area (Å²) in [6.07, 6.45) is 5.25. The molecule has 0 aliphatic heterocycles. The number of amides is 1. The topological polar surface area (TPSA) is 115 Å². The highest BCUT2D eigenvalue weighted by Crippen LogP contribution is 2.29. The van der Waals surface area contributed by atoms with Gasteiger partial charge in [0.05, 0.1) is 0 Å². The van der Waals surface area contributed by atoms with Crippen LogP contribution in [-0.2, 0) is 0 Å². The molecule has 1 aromatic heterocycles. The van der Waals surface area contributed by atoms with Crippen molar-refractivity contribution in [2.75, 3.05) is 13.2 Å². The summed E-state index contributed by atoms with van der Waals surface area (Å²) in [5.74, 6) is -0.0674. The lowest BCUT2D eigenvalue weighted by atomic mass is 9.79. The maximum Gasteiger partial charge on any atom is 0.325 e. The molecular formula is C13H19N3O4. The minimum atomic E-state index is -0.700. The number of rotatable bonds is 4. The van der Waals surface area contributed by atoms with Gasteiger partial charge >= 0.3 is 5.69 Å². The van der Waals surface area contributed by atoms with Crippen molar-refractivity contribution < 1.29 is 9.90 Å². The number of nitrogens with one attached hydrogen (secondary N) is 3. The van der Waals surface area contributed by atoms with Gasteiger partial charge in [-0.3, -0.25) is 14.6 Å². The van der Waals surface area contributed by atoms with Crippen LogP contribution in [0.1, 0.15) is 36.0 Å². The summed E-state index contributed by atoms with van der Waals surface area (Å²) in [4.78, 5) is 38.5. The molecule has 20 heavy (non-hydrogen) atoms. The number of aromatic amines is 2. The van der Waals surface area contributed by atoms with Crippen LogP contribution < -0.4 is 16.6 Å². The van der Waals surface area contributed by atoms with Gasteiger partial charge in [-0.2, -0.15) is 0 Å². The van der Waals surface area contributed by atoms with Crippen molar-refractivity contribution >= 4 is 5.91 Å². The van der Waals surface area contributed by atoms with Crippen molar-refractivity contribution in [1.82, 2.24) is 15.3 Å². The van der Waals surface area contributed by atoms with Crippen LogP contribution in [0.25, 0.3) is 0 Å². The van der Waals surface area contributed by atoms with Gasteiger partial charge in [-0.25, -0.2) is 4.79 Å². The summed E-state index contributed by atoms with van der Waals surface area (Å²) in [5.41, 5.74) is -1.45. The van der Waals surface area contributed by atoms with Gasteiger partial charge in [0.1, 0.15) is 5.56 Å². The lowest BCUT2D eigenvalue weighted by Crippen LogP contribution is -2.38. The third-order valence-electron chi connectivity index (χ3n) is 3.89. The molecule has 1 fully saturated rings. The molecule has 0 radical (unpaired) electrons. The number of carbonyl (C=O) groups excluding carboxylic acids is 1. The van der Waals surface area contributed by atoms with E-state index in [1.165, 1.54) is 0 Å². The molecular weight excluding hydrogens is 262 g/mol. The summed E-state index contributed by atoms with van der Waals surface area (Å²) in [5, 5.41) is 12.0. The van der Waals surface area contributed by atoms with Crippen LogP contribution in [0.2, 0.25) is 0 Å². The first-order valence-electron chi connectivity index (χ1n) is 6.83. The van der Waals surface area contributed by atoms with Crippen molar-refractivity contribution in [3.63, 3.8) is 0 Å². The van der Waals surface area contributed by atoms with Gasteiger partial charge in [-0.1, -0.05) is 12.8 Å². The van der Waals surface area contributed by atoms with Crippen molar-refractivity contribution in [2.45, 2.75) is 25.7 Å². The molecule has 1 aliphatic rings. The van der Waals surface area contributed by atoms with Gasteiger partial charge < -0.3 is 15.4 Å². The second-order valence-corrected chi connectivity index (χ2v) is 5.18. The van der Waals surface area contributed by atoms with Gasteiger partial charge in [-0.05, 0) is 24.7 Å². The minimum Gasteiger partial charge on any atom is -0.396 e. The number of aromatic nitrogens is 2. The number of hydrogen-bond acceptors (Lipinski definition) is 4. The standard InChI is InChI=1S/C13H19N3O4/c17-7-9-4-2-1-3-8(9)5-14-11(18)10-6-15-13(20)16-12(10)19/h6,8-9,17H,1-5,7H2,(H,14,18)(H2,15,16,19,20). The predicted molar refractivity (Wildman–Crippen MR) is 72.6 cm³/mol. The molecule has 1 aliphatic carbocycles. The molecule has 1 saturated carbocycles. The Morgan fingerprint density at radius 3 is 2.65 bits per heavy atom. The zero-order valence-electron chi connectivity index (χ0n) is 11.1. The Labute approximate surface area is 115 Å². The van der Waals surface area contributed by atoms with E-state index < -0.39 is 17.2 Å². The lowest BCUT2D eigenvalue weighted by molar-refractivity contribution is 0.0907. The molecule has 7 heteroatoms. The molecule has 0 aromatic carbocycles. The number of hydrogen-bond donors (Lipinski definition) is 4. The van der Waals surface area contributed by atoms with Crippen LogP contribution in [-0.4, -0.2) is 34.1 Å². The van der Waals surface area contributed by atoms with Crippen LogP contribution in [0.5, 0.6) is 0 Å². The first kappa shape index (κ1) is 14.5. The fourth-order valence-electron chi connectivity index (χ4n) is 2.69. The quantitative estimate of drug-likeness (QED) is 0.600. The second kappa shape index (κ2) is 6.51. The highest BCUT2D eigenvalue weighted by molar-refractivity contribution is 5.93. The maximum absolute atomic E-state index is 11.9. The third-order valence-corrected chi connectivity index (χ3v) is 3.89. The Balaban J connectivity index is 1.97. The number of carbonyl (C=O) groups is 1. The average molecular weight is 281 g/mol. The molecule has 0 bridgehead atoms. The number of aliphatic hydroxyl groups is 1. The van der Waals surface area contributed by atoms with Crippen LogP contribution in [0.3, 0.4) is 0 Å².